The summed E-state index contributed by atoms with van der Waals surface area (Å²) in [6.07, 6.45) is 0.353. The van der Waals surface area contributed by atoms with Gasteiger partial charge in [0, 0.05) is 30.3 Å². The average molecular weight is 432 g/mol. The molecular formula is C21H22BrNO4. The van der Waals surface area contributed by atoms with Gasteiger partial charge in [0.25, 0.3) is 0 Å². The highest BCUT2D eigenvalue weighted by Crippen LogP contribution is 2.40. The Labute approximate surface area is 167 Å². The van der Waals surface area contributed by atoms with E-state index in [4.69, 9.17) is 9.84 Å². The number of ether oxygens (including phenoxy) is 1. The van der Waals surface area contributed by atoms with Crippen molar-refractivity contribution in [2.45, 2.75) is 37.8 Å². The van der Waals surface area contributed by atoms with Gasteiger partial charge in [-0.1, -0.05) is 58.4 Å². The Balaban J connectivity index is 1.82. The normalized spacial score (nSPS) is 20.8. The van der Waals surface area contributed by atoms with Crippen LogP contribution in [0.4, 0.5) is 4.79 Å². The molecule has 1 fully saturated rings. The number of benzene rings is 2. The highest BCUT2D eigenvalue weighted by Gasteiger charge is 2.43. The second-order valence-electron chi connectivity index (χ2n) is 6.79. The van der Waals surface area contributed by atoms with Crippen LogP contribution in [0.1, 0.15) is 43.4 Å². The molecule has 5 nitrogen and oxygen atoms in total. The SMILES string of the molecule is CC(c1ccc(Br)cc1)N1CC[C@](CCC(=O)O)(c2ccccc2)OC1=O. The van der Waals surface area contributed by atoms with Gasteiger partial charge in [-0.2, -0.15) is 0 Å². The minimum atomic E-state index is -0.896. The number of carboxylic acid groups (broad SMARTS) is 1. The number of aliphatic carboxylic acids is 1. The van der Waals surface area contributed by atoms with E-state index >= 15 is 0 Å². The summed E-state index contributed by atoms with van der Waals surface area (Å²) in [6.45, 7) is 2.47. The molecule has 0 aliphatic carbocycles. The molecule has 1 aliphatic heterocycles. The van der Waals surface area contributed by atoms with Crippen molar-refractivity contribution in [2.24, 2.45) is 0 Å². The Kier molecular flexibility index (Phi) is 5.85. The number of cyclic esters (lactones) is 1. The topological polar surface area (TPSA) is 66.8 Å². The van der Waals surface area contributed by atoms with Gasteiger partial charge in [-0.3, -0.25) is 4.79 Å². The number of hydrogen-bond acceptors (Lipinski definition) is 3. The van der Waals surface area contributed by atoms with Crippen LogP contribution in [0.5, 0.6) is 0 Å². The number of carbonyl (C=O) groups excluding carboxylic acids is 1. The monoisotopic (exact) mass is 431 g/mol. The first-order chi connectivity index (χ1) is 12.9. The Bertz CT molecular complexity index is 809. The predicted molar refractivity (Wildman–Crippen MR) is 105 cm³/mol. The van der Waals surface area contributed by atoms with E-state index in [-0.39, 0.29) is 18.9 Å². The Morgan fingerprint density at radius 2 is 1.89 bits per heavy atom. The maximum atomic E-state index is 12.9. The fraction of sp³-hybridized carbons (Fsp3) is 0.333. The first-order valence-corrected chi connectivity index (χ1v) is 9.73. The van der Waals surface area contributed by atoms with Crippen LogP contribution in [0, 0.1) is 0 Å². The zero-order valence-corrected chi connectivity index (χ0v) is 16.7. The molecule has 1 aliphatic rings. The number of hydrogen-bond donors (Lipinski definition) is 1. The number of rotatable bonds is 6. The van der Waals surface area contributed by atoms with Crippen LogP contribution in [0.2, 0.25) is 0 Å². The number of carbonyl (C=O) groups is 2. The highest BCUT2D eigenvalue weighted by molar-refractivity contribution is 9.10. The van der Waals surface area contributed by atoms with Gasteiger partial charge in [0.15, 0.2) is 0 Å². The Morgan fingerprint density at radius 3 is 2.48 bits per heavy atom. The van der Waals surface area contributed by atoms with Crippen LogP contribution in [0.25, 0.3) is 0 Å². The number of nitrogens with zero attached hydrogens (tertiary/aromatic N) is 1. The smallest absolute Gasteiger partial charge is 0.411 e. The summed E-state index contributed by atoms with van der Waals surface area (Å²) in [5, 5.41) is 9.13. The maximum Gasteiger partial charge on any atom is 0.411 e. The molecule has 1 N–H and O–H groups in total. The molecule has 0 spiro atoms. The molecule has 2 atom stereocenters. The molecule has 0 aromatic heterocycles. The Hall–Kier alpha value is -2.34. The lowest BCUT2D eigenvalue weighted by Gasteiger charge is -2.43. The van der Waals surface area contributed by atoms with Crippen LogP contribution < -0.4 is 0 Å². The van der Waals surface area contributed by atoms with Crippen molar-refractivity contribution in [1.82, 2.24) is 4.90 Å². The third-order valence-corrected chi connectivity index (χ3v) is 5.66. The second-order valence-corrected chi connectivity index (χ2v) is 7.71. The van der Waals surface area contributed by atoms with Gasteiger partial charge in [-0.25, -0.2) is 4.79 Å². The first kappa shape index (κ1) is 19.4. The molecule has 0 saturated carbocycles. The third kappa shape index (κ3) is 4.33. The molecule has 1 amide bonds. The Morgan fingerprint density at radius 1 is 1.22 bits per heavy atom. The zero-order chi connectivity index (χ0) is 19.4. The fourth-order valence-corrected chi connectivity index (χ4v) is 3.78. The largest absolute Gasteiger partial charge is 0.481 e. The van der Waals surface area contributed by atoms with Gasteiger partial charge in [0.05, 0.1) is 6.04 Å². The number of amides is 1. The van der Waals surface area contributed by atoms with Gasteiger partial charge in [0.1, 0.15) is 5.60 Å². The molecule has 2 aromatic rings. The highest BCUT2D eigenvalue weighted by atomic mass is 79.9. The van der Waals surface area contributed by atoms with Crippen LogP contribution in [0.3, 0.4) is 0 Å². The molecule has 3 rings (SSSR count). The van der Waals surface area contributed by atoms with Gasteiger partial charge in [-0.05, 0) is 30.2 Å². The van der Waals surface area contributed by atoms with E-state index in [9.17, 15) is 9.59 Å². The summed E-state index contributed by atoms with van der Waals surface area (Å²) >= 11 is 3.42. The predicted octanol–water partition coefficient (Wildman–Crippen LogP) is 5.11. The fourth-order valence-electron chi connectivity index (χ4n) is 3.52. The van der Waals surface area contributed by atoms with Gasteiger partial charge >= 0.3 is 12.1 Å². The van der Waals surface area contributed by atoms with Crippen molar-refractivity contribution in [3.05, 3.63) is 70.2 Å². The quantitative estimate of drug-likeness (QED) is 0.689. The van der Waals surface area contributed by atoms with E-state index in [1.54, 1.807) is 4.90 Å². The van der Waals surface area contributed by atoms with Crippen molar-refractivity contribution < 1.29 is 19.4 Å². The van der Waals surface area contributed by atoms with Gasteiger partial charge < -0.3 is 14.7 Å². The van der Waals surface area contributed by atoms with E-state index < -0.39 is 17.7 Å². The molecule has 0 bridgehead atoms. The third-order valence-electron chi connectivity index (χ3n) is 5.14. The zero-order valence-electron chi connectivity index (χ0n) is 15.1. The molecule has 142 valence electrons. The molecule has 1 saturated heterocycles. The molecule has 6 heteroatoms. The minimum absolute atomic E-state index is 0.0512. The summed E-state index contributed by atoms with van der Waals surface area (Å²) < 4.78 is 6.89. The molecular weight excluding hydrogens is 410 g/mol. The molecule has 1 heterocycles. The van der Waals surface area contributed by atoms with Gasteiger partial charge in [0.2, 0.25) is 0 Å². The second kappa shape index (κ2) is 8.13. The van der Waals surface area contributed by atoms with Gasteiger partial charge in [-0.15, -0.1) is 0 Å². The van der Waals surface area contributed by atoms with Crippen molar-refractivity contribution in [3.8, 4) is 0 Å². The van der Waals surface area contributed by atoms with Crippen molar-refractivity contribution >= 4 is 28.0 Å². The van der Waals surface area contributed by atoms with Crippen LogP contribution in [-0.2, 0) is 15.1 Å². The summed E-state index contributed by atoms with van der Waals surface area (Å²) in [7, 11) is 0. The van der Waals surface area contributed by atoms with Crippen molar-refractivity contribution in [2.75, 3.05) is 6.54 Å². The van der Waals surface area contributed by atoms with Crippen LogP contribution in [0.15, 0.2) is 59.1 Å². The number of carboxylic acids is 1. The molecule has 27 heavy (non-hydrogen) atoms. The lowest BCUT2D eigenvalue weighted by atomic mass is 9.84. The molecule has 0 radical (unpaired) electrons. The van der Waals surface area contributed by atoms with Crippen molar-refractivity contribution in [1.29, 1.82) is 0 Å². The lowest BCUT2D eigenvalue weighted by Crippen LogP contribution is -2.48. The van der Waals surface area contributed by atoms with Crippen molar-refractivity contribution in [3.63, 3.8) is 0 Å². The van der Waals surface area contributed by atoms with E-state index in [2.05, 4.69) is 15.9 Å². The van der Waals surface area contributed by atoms with E-state index in [0.717, 1.165) is 15.6 Å². The first-order valence-electron chi connectivity index (χ1n) is 8.94. The summed E-state index contributed by atoms with van der Waals surface area (Å²) in [5.41, 5.74) is 0.968. The lowest BCUT2D eigenvalue weighted by molar-refractivity contribution is -0.139. The van der Waals surface area contributed by atoms with E-state index in [1.165, 1.54) is 0 Å². The summed E-state index contributed by atoms with van der Waals surface area (Å²) in [4.78, 5) is 25.7. The number of halogens is 1. The van der Waals surface area contributed by atoms with Crippen LogP contribution >= 0.6 is 15.9 Å². The standard InChI is InChI=1S/C21H22BrNO4/c1-15(16-7-9-18(22)10-8-16)23-14-13-21(27-20(23)26,12-11-19(24)25)17-5-3-2-4-6-17/h2-10,15H,11-14H2,1H3,(H,24,25)/t15?,21-/m1/s1. The van der Waals surface area contributed by atoms with Crippen LogP contribution in [-0.4, -0.2) is 28.6 Å². The van der Waals surface area contributed by atoms with E-state index in [1.807, 2.05) is 61.5 Å². The average Bonchev–Trinajstić information content (AvgIpc) is 2.67. The summed E-state index contributed by atoms with van der Waals surface area (Å²) in [6, 6.07) is 17.2. The molecule has 2 aromatic carbocycles. The summed E-state index contributed by atoms with van der Waals surface area (Å²) in [5.74, 6) is -0.896. The minimum Gasteiger partial charge on any atom is -0.481 e. The maximum absolute atomic E-state index is 12.9. The van der Waals surface area contributed by atoms with E-state index in [0.29, 0.717) is 13.0 Å². The molecule has 1 unspecified atom stereocenters.